The van der Waals surface area contributed by atoms with Gasteiger partial charge < -0.3 is 10.6 Å². The Labute approximate surface area is 113 Å². The first kappa shape index (κ1) is 13.2. The average Bonchev–Trinajstić information content (AvgIpc) is 2.36. The molecule has 1 aromatic rings. The largest absolute Gasteiger partial charge is 0.370 e. The van der Waals surface area contributed by atoms with Crippen LogP contribution in [-0.4, -0.2) is 40.4 Å². The van der Waals surface area contributed by atoms with E-state index in [4.69, 9.17) is 5.73 Å². The predicted molar refractivity (Wildman–Crippen MR) is 77.9 cm³/mol. The van der Waals surface area contributed by atoms with E-state index in [1.807, 2.05) is 25.6 Å². The van der Waals surface area contributed by atoms with Crippen LogP contribution in [0.25, 0.3) is 0 Å². The molecule has 1 aromatic heterocycles. The molecule has 18 heavy (non-hydrogen) atoms. The second-order valence-electron chi connectivity index (χ2n) is 4.53. The highest BCUT2D eigenvalue weighted by atomic mass is 32.2. The van der Waals surface area contributed by atoms with Gasteiger partial charge in [-0.2, -0.15) is 11.8 Å². The summed E-state index contributed by atoms with van der Waals surface area (Å²) in [4.78, 5) is 11.0. The summed E-state index contributed by atoms with van der Waals surface area (Å²) < 4.78 is 0. The van der Waals surface area contributed by atoms with E-state index in [9.17, 15) is 0 Å². The van der Waals surface area contributed by atoms with Gasteiger partial charge in [0, 0.05) is 36.0 Å². The van der Waals surface area contributed by atoms with Crippen LogP contribution in [0.5, 0.6) is 0 Å². The molecule has 1 aliphatic rings. The molecule has 98 valence electrons. The first-order valence-corrected chi connectivity index (χ1v) is 7.37. The summed E-state index contributed by atoms with van der Waals surface area (Å²) in [5.41, 5.74) is 9.27. The quantitative estimate of drug-likeness (QED) is 0.650. The number of guanidine groups is 1. The van der Waals surface area contributed by atoms with Crippen molar-refractivity contribution in [1.29, 1.82) is 0 Å². The molecule has 0 radical (unpaired) electrons. The van der Waals surface area contributed by atoms with Gasteiger partial charge in [-0.1, -0.05) is 0 Å². The second kappa shape index (κ2) is 6.09. The van der Waals surface area contributed by atoms with E-state index in [0.717, 1.165) is 36.0 Å². The van der Waals surface area contributed by atoms with Crippen LogP contribution >= 0.6 is 11.8 Å². The SMILES string of the molecule is Cc1cc(CN=C(N)N2CCSCC2)cc(C)n1. The van der Waals surface area contributed by atoms with Crippen molar-refractivity contribution in [3.05, 3.63) is 29.1 Å². The summed E-state index contributed by atoms with van der Waals surface area (Å²) >= 11 is 1.97. The Balaban J connectivity index is 2.00. The van der Waals surface area contributed by atoms with E-state index >= 15 is 0 Å². The number of rotatable bonds is 2. The zero-order valence-electron chi connectivity index (χ0n) is 11.0. The zero-order valence-corrected chi connectivity index (χ0v) is 11.8. The van der Waals surface area contributed by atoms with Crippen molar-refractivity contribution in [2.75, 3.05) is 24.6 Å². The van der Waals surface area contributed by atoms with Crippen molar-refractivity contribution in [2.24, 2.45) is 10.7 Å². The minimum atomic E-state index is 0.639. The number of aryl methyl sites for hydroxylation is 2. The van der Waals surface area contributed by atoms with Crippen LogP contribution in [0.2, 0.25) is 0 Å². The Morgan fingerprint density at radius 2 is 1.94 bits per heavy atom. The van der Waals surface area contributed by atoms with E-state index in [1.54, 1.807) is 0 Å². The van der Waals surface area contributed by atoms with Crippen LogP contribution in [-0.2, 0) is 6.54 Å². The van der Waals surface area contributed by atoms with Crippen LogP contribution in [0, 0.1) is 13.8 Å². The monoisotopic (exact) mass is 264 g/mol. The number of hydrogen-bond donors (Lipinski definition) is 1. The molecular formula is C13H20N4S. The zero-order chi connectivity index (χ0) is 13.0. The Morgan fingerprint density at radius 1 is 1.33 bits per heavy atom. The van der Waals surface area contributed by atoms with Gasteiger partial charge in [0.05, 0.1) is 6.54 Å². The van der Waals surface area contributed by atoms with Crippen LogP contribution in [0.1, 0.15) is 17.0 Å². The van der Waals surface area contributed by atoms with Crippen molar-refractivity contribution in [3.63, 3.8) is 0 Å². The minimum absolute atomic E-state index is 0.639. The maximum Gasteiger partial charge on any atom is 0.191 e. The average molecular weight is 264 g/mol. The molecule has 1 saturated heterocycles. The van der Waals surface area contributed by atoms with E-state index < -0.39 is 0 Å². The van der Waals surface area contributed by atoms with E-state index in [-0.39, 0.29) is 0 Å². The summed E-state index contributed by atoms with van der Waals surface area (Å²) in [6.45, 7) is 6.67. The number of hydrogen-bond acceptors (Lipinski definition) is 3. The molecular weight excluding hydrogens is 244 g/mol. The Bertz CT molecular complexity index is 418. The van der Waals surface area contributed by atoms with Gasteiger partial charge in [0.1, 0.15) is 0 Å². The molecule has 0 aliphatic carbocycles. The number of thioether (sulfide) groups is 1. The van der Waals surface area contributed by atoms with Gasteiger partial charge >= 0.3 is 0 Å². The smallest absolute Gasteiger partial charge is 0.191 e. The van der Waals surface area contributed by atoms with Crippen molar-refractivity contribution in [2.45, 2.75) is 20.4 Å². The highest BCUT2D eigenvalue weighted by Gasteiger charge is 2.11. The van der Waals surface area contributed by atoms with Gasteiger partial charge in [-0.3, -0.25) is 4.98 Å². The van der Waals surface area contributed by atoms with Crippen molar-refractivity contribution in [3.8, 4) is 0 Å². The molecule has 0 aromatic carbocycles. The third kappa shape index (κ3) is 3.63. The van der Waals surface area contributed by atoms with E-state index in [2.05, 4.69) is 27.0 Å². The van der Waals surface area contributed by atoms with Gasteiger partial charge in [0.25, 0.3) is 0 Å². The Morgan fingerprint density at radius 3 is 2.56 bits per heavy atom. The molecule has 2 heterocycles. The molecule has 5 heteroatoms. The van der Waals surface area contributed by atoms with Gasteiger partial charge in [-0.05, 0) is 31.5 Å². The number of nitrogens with zero attached hydrogens (tertiary/aromatic N) is 3. The summed E-state index contributed by atoms with van der Waals surface area (Å²) in [7, 11) is 0. The first-order valence-electron chi connectivity index (χ1n) is 6.22. The van der Waals surface area contributed by atoms with E-state index in [1.165, 1.54) is 5.56 Å². The van der Waals surface area contributed by atoms with Gasteiger partial charge in [0.15, 0.2) is 5.96 Å². The fourth-order valence-electron chi connectivity index (χ4n) is 2.08. The molecule has 2 N–H and O–H groups in total. The predicted octanol–water partition coefficient (Wildman–Crippen LogP) is 1.56. The fourth-order valence-corrected chi connectivity index (χ4v) is 2.98. The maximum absolute atomic E-state index is 6.02. The molecule has 0 spiro atoms. The number of pyridine rings is 1. The summed E-state index contributed by atoms with van der Waals surface area (Å²) in [5.74, 6) is 2.95. The molecule has 0 atom stereocenters. The van der Waals surface area contributed by atoms with Crippen molar-refractivity contribution >= 4 is 17.7 Å². The lowest BCUT2D eigenvalue weighted by Crippen LogP contribution is -2.42. The number of nitrogens with two attached hydrogens (primary N) is 1. The first-order chi connectivity index (χ1) is 8.65. The summed E-state index contributed by atoms with van der Waals surface area (Å²) in [5, 5.41) is 0. The van der Waals surface area contributed by atoms with E-state index in [0.29, 0.717) is 12.5 Å². The third-order valence-corrected chi connectivity index (χ3v) is 3.84. The lowest BCUT2D eigenvalue weighted by Gasteiger charge is -2.27. The molecule has 0 unspecified atom stereocenters. The summed E-state index contributed by atoms with van der Waals surface area (Å²) in [6, 6.07) is 4.13. The molecule has 1 aliphatic heterocycles. The molecule has 1 fully saturated rings. The van der Waals surface area contributed by atoms with Gasteiger partial charge in [-0.15, -0.1) is 0 Å². The van der Waals surface area contributed by atoms with Crippen molar-refractivity contribution in [1.82, 2.24) is 9.88 Å². The lowest BCUT2D eigenvalue weighted by molar-refractivity contribution is 0.455. The number of aliphatic imine (C=N–C) groups is 1. The van der Waals surface area contributed by atoms with Gasteiger partial charge in [0.2, 0.25) is 0 Å². The topological polar surface area (TPSA) is 54.5 Å². The Kier molecular flexibility index (Phi) is 4.47. The lowest BCUT2D eigenvalue weighted by atomic mass is 10.2. The maximum atomic E-state index is 6.02. The number of aromatic nitrogens is 1. The minimum Gasteiger partial charge on any atom is -0.370 e. The van der Waals surface area contributed by atoms with Crippen LogP contribution in [0.15, 0.2) is 17.1 Å². The molecule has 2 rings (SSSR count). The molecule has 0 amide bonds. The molecule has 4 nitrogen and oxygen atoms in total. The molecule has 0 saturated carbocycles. The van der Waals surface area contributed by atoms with Crippen LogP contribution in [0.4, 0.5) is 0 Å². The summed E-state index contributed by atoms with van der Waals surface area (Å²) in [6.07, 6.45) is 0. The highest BCUT2D eigenvalue weighted by molar-refractivity contribution is 7.99. The molecule has 0 bridgehead atoms. The van der Waals surface area contributed by atoms with Gasteiger partial charge in [-0.25, -0.2) is 4.99 Å². The fraction of sp³-hybridized carbons (Fsp3) is 0.538. The van der Waals surface area contributed by atoms with Crippen molar-refractivity contribution < 1.29 is 0 Å². The Hall–Kier alpha value is -1.23. The second-order valence-corrected chi connectivity index (χ2v) is 5.76. The normalized spacial score (nSPS) is 17.0. The van der Waals surface area contributed by atoms with Crippen LogP contribution in [0.3, 0.4) is 0 Å². The highest BCUT2D eigenvalue weighted by Crippen LogP contribution is 2.10. The standard InChI is InChI=1S/C13H20N4S/c1-10-7-12(8-11(2)16-10)9-15-13(14)17-3-5-18-6-4-17/h7-8H,3-6,9H2,1-2H3,(H2,14,15). The van der Waals surface area contributed by atoms with Crippen LogP contribution < -0.4 is 5.73 Å². The third-order valence-electron chi connectivity index (χ3n) is 2.90.